The molecule has 0 unspecified atom stereocenters. The van der Waals surface area contributed by atoms with Gasteiger partial charge in [0.2, 0.25) is 11.8 Å². The summed E-state index contributed by atoms with van der Waals surface area (Å²) in [5.74, 6) is -3.56. The summed E-state index contributed by atoms with van der Waals surface area (Å²) < 4.78 is 12.2. The van der Waals surface area contributed by atoms with Gasteiger partial charge in [0.05, 0.1) is 0 Å². The lowest BCUT2D eigenvalue weighted by Crippen LogP contribution is -1.96. The minimum atomic E-state index is -1.27. The van der Waals surface area contributed by atoms with Gasteiger partial charge in [0.1, 0.15) is 0 Å². The molecule has 0 amide bonds. The summed E-state index contributed by atoms with van der Waals surface area (Å²) in [6.45, 7) is 0. The molecule has 0 atom stereocenters. The van der Waals surface area contributed by atoms with E-state index in [4.69, 9.17) is 15.9 Å². The lowest BCUT2D eigenvalue weighted by molar-refractivity contribution is 0.363. The van der Waals surface area contributed by atoms with Crippen molar-refractivity contribution < 1.29 is 20.1 Å². The molecular weight excluding hydrogens is 157 g/mol. The Kier molecular flexibility index (Phi) is 2.53. The number of hydrogen-bond donors (Lipinski definition) is 3. The van der Waals surface area contributed by atoms with Gasteiger partial charge in [-0.2, -0.15) is 14.4 Å². The number of nitrogens with two attached hydrogens (primary N) is 1. The van der Waals surface area contributed by atoms with Crippen molar-refractivity contribution in [1.29, 1.82) is 0 Å². The highest BCUT2D eigenvalue weighted by Gasteiger charge is 2.09. The summed E-state index contributed by atoms with van der Waals surface area (Å²) in [5, 5.41) is 17.0. The summed E-state index contributed by atoms with van der Waals surface area (Å²) in [4.78, 5) is 6.04. The number of aromatic nitrogens is 2. The molecule has 6 nitrogen and oxygen atoms in total. The van der Waals surface area contributed by atoms with E-state index in [1.54, 1.807) is 0 Å². The van der Waals surface area contributed by atoms with Gasteiger partial charge in [-0.05, 0) is 0 Å². The van der Waals surface area contributed by atoms with Crippen LogP contribution in [0.4, 0.5) is 10.3 Å². The monoisotopic (exact) mass is 163 g/mol. The third-order valence-corrected chi connectivity index (χ3v) is 0.834. The molecule has 0 aliphatic carbocycles. The zero-order chi connectivity index (χ0) is 7.72. The first-order valence-electron chi connectivity index (χ1n) is 2.32. The van der Waals surface area contributed by atoms with Gasteiger partial charge in [0, 0.05) is 0 Å². The van der Waals surface area contributed by atoms with Gasteiger partial charge in [-0.15, -0.1) is 0 Å². The third-order valence-electron chi connectivity index (χ3n) is 0.834. The molecule has 0 radical (unpaired) electrons. The van der Waals surface area contributed by atoms with Crippen molar-refractivity contribution in [3.63, 3.8) is 0 Å². The molecule has 11 heavy (non-hydrogen) atoms. The van der Waals surface area contributed by atoms with Crippen LogP contribution in [0.1, 0.15) is 0 Å². The van der Waals surface area contributed by atoms with Crippen LogP contribution >= 0.6 is 0 Å². The standard InChI is InChI=1S/C4H4FN3O2.H2O/c5-1-2(9)7-4(6)8-3(1)10;/h(H4,6,7,8,9,10);1H2. The van der Waals surface area contributed by atoms with Crippen molar-refractivity contribution in [2.45, 2.75) is 0 Å². The maximum Gasteiger partial charge on any atom is 0.257 e. The van der Waals surface area contributed by atoms with Crippen LogP contribution < -0.4 is 5.73 Å². The van der Waals surface area contributed by atoms with Crippen molar-refractivity contribution >= 4 is 5.95 Å². The van der Waals surface area contributed by atoms with E-state index in [1.807, 2.05) is 0 Å². The topological polar surface area (TPSA) is 124 Å². The number of hydrogen-bond acceptors (Lipinski definition) is 5. The first kappa shape index (κ1) is 9.37. The molecule has 0 aliphatic rings. The minimum Gasteiger partial charge on any atom is -0.491 e. The quantitative estimate of drug-likeness (QED) is 0.442. The molecule has 1 heterocycles. The zero-order valence-corrected chi connectivity index (χ0v) is 5.24. The maximum atomic E-state index is 12.2. The van der Waals surface area contributed by atoms with Crippen LogP contribution in [0, 0.1) is 5.82 Å². The van der Waals surface area contributed by atoms with Crippen LogP contribution in [0.15, 0.2) is 0 Å². The highest BCUT2D eigenvalue weighted by atomic mass is 19.1. The Bertz CT molecular complexity index is 244. The van der Waals surface area contributed by atoms with Gasteiger partial charge in [-0.25, -0.2) is 0 Å². The Balaban J connectivity index is 0.000001000. The Morgan fingerprint density at radius 2 is 1.55 bits per heavy atom. The van der Waals surface area contributed by atoms with E-state index < -0.39 is 17.6 Å². The molecular formula is C4H6FN3O3. The van der Waals surface area contributed by atoms with Gasteiger partial charge in [0.15, 0.2) is 0 Å². The van der Waals surface area contributed by atoms with Crippen molar-refractivity contribution in [3.8, 4) is 11.8 Å². The summed E-state index contributed by atoms with van der Waals surface area (Å²) in [7, 11) is 0. The van der Waals surface area contributed by atoms with Crippen molar-refractivity contribution in [3.05, 3.63) is 5.82 Å². The van der Waals surface area contributed by atoms with Gasteiger partial charge in [-0.3, -0.25) is 0 Å². The van der Waals surface area contributed by atoms with Gasteiger partial charge < -0.3 is 21.4 Å². The molecule has 0 aliphatic heterocycles. The molecule has 7 heteroatoms. The first-order chi connectivity index (χ1) is 4.61. The minimum absolute atomic E-state index is 0. The van der Waals surface area contributed by atoms with Crippen LogP contribution in [-0.4, -0.2) is 25.7 Å². The zero-order valence-electron chi connectivity index (χ0n) is 5.24. The Labute approximate surface area is 60.4 Å². The third kappa shape index (κ3) is 1.64. The van der Waals surface area contributed by atoms with Crippen LogP contribution in [0.5, 0.6) is 11.8 Å². The molecule has 62 valence electrons. The molecule has 1 aromatic heterocycles. The Hall–Kier alpha value is -1.63. The molecule has 6 N–H and O–H groups in total. The van der Waals surface area contributed by atoms with Crippen LogP contribution in [0.2, 0.25) is 0 Å². The van der Waals surface area contributed by atoms with E-state index in [9.17, 15) is 4.39 Å². The molecule has 0 bridgehead atoms. The lowest BCUT2D eigenvalue weighted by Gasteiger charge is -1.96. The van der Waals surface area contributed by atoms with Crippen molar-refractivity contribution in [2.75, 3.05) is 5.73 Å². The number of halogens is 1. The molecule has 0 spiro atoms. The second kappa shape index (κ2) is 2.97. The fraction of sp³-hybridized carbons (Fsp3) is 0. The predicted octanol–water partition coefficient (Wildman–Crippen LogP) is -1.22. The van der Waals surface area contributed by atoms with Crippen molar-refractivity contribution in [1.82, 2.24) is 9.97 Å². The normalized spacial score (nSPS) is 8.82. The van der Waals surface area contributed by atoms with Crippen LogP contribution in [0.3, 0.4) is 0 Å². The number of rotatable bonds is 0. The number of nitrogens with zero attached hydrogens (tertiary/aromatic N) is 2. The largest absolute Gasteiger partial charge is 0.491 e. The number of anilines is 1. The Morgan fingerprint density at radius 3 is 1.91 bits per heavy atom. The lowest BCUT2D eigenvalue weighted by atomic mass is 10.5. The molecule has 0 fully saturated rings. The smallest absolute Gasteiger partial charge is 0.257 e. The van der Waals surface area contributed by atoms with Gasteiger partial charge in [-0.1, -0.05) is 0 Å². The highest BCUT2D eigenvalue weighted by Crippen LogP contribution is 2.20. The summed E-state index contributed by atoms with van der Waals surface area (Å²) in [6.07, 6.45) is 0. The SMILES string of the molecule is Nc1nc(O)c(F)c(O)n1.O. The molecule has 0 aromatic carbocycles. The van der Waals surface area contributed by atoms with Crippen LogP contribution in [-0.2, 0) is 0 Å². The van der Waals surface area contributed by atoms with Crippen LogP contribution in [0.25, 0.3) is 0 Å². The predicted molar refractivity (Wildman–Crippen MR) is 33.3 cm³/mol. The average molecular weight is 163 g/mol. The first-order valence-corrected chi connectivity index (χ1v) is 2.32. The summed E-state index contributed by atoms with van der Waals surface area (Å²) in [5.41, 5.74) is 4.92. The van der Waals surface area contributed by atoms with E-state index in [1.165, 1.54) is 0 Å². The Morgan fingerprint density at radius 1 is 1.18 bits per heavy atom. The number of aromatic hydroxyl groups is 2. The molecule has 0 saturated carbocycles. The molecule has 0 saturated heterocycles. The maximum absolute atomic E-state index is 12.2. The second-order valence-corrected chi connectivity index (χ2v) is 1.54. The van der Waals surface area contributed by atoms with E-state index in [-0.39, 0.29) is 11.4 Å². The fourth-order valence-electron chi connectivity index (χ4n) is 0.440. The van der Waals surface area contributed by atoms with E-state index in [2.05, 4.69) is 9.97 Å². The number of nitrogen functional groups attached to an aromatic ring is 1. The van der Waals surface area contributed by atoms with Gasteiger partial charge >= 0.3 is 0 Å². The molecule has 1 aromatic rings. The highest BCUT2D eigenvalue weighted by molar-refractivity contribution is 5.29. The van der Waals surface area contributed by atoms with Gasteiger partial charge in [0.25, 0.3) is 11.8 Å². The molecule has 1 rings (SSSR count). The fourth-order valence-corrected chi connectivity index (χ4v) is 0.440. The van der Waals surface area contributed by atoms with E-state index in [0.29, 0.717) is 0 Å². The average Bonchev–Trinajstić information content (AvgIpc) is 1.82. The van der Waals surface area contributed by atoms with E-state index >= 15 is 0 Å². The second-order valence-electron chi connectivity index (χ2n) is 1.54. The van der Waals surface area contributed by atoms with Crippen molar-refractivity contribution in [2.24, 2.45) is 0 Å². The summed E-state index contributed by atoms with van der Waals surface area (Å²) >= 11 is 0. The van der Waals surface area contributed by atoms with E-state index in [0.717, 1.165) is 0 Å². The summed E-state index contributed by atoms with van der Waals surface area (Å²) in [6, 6.07) is 0.